The van der Waals surface area contributed by atoms with E-state index < -0.39 is 0 Å². The van der Waals surface area contributed by atoms with Crippen LogP contribution in [-0.2, 0) is 9.53 Å². The fraction of sp³-hybridized carbons (Fsp3) is 0.227. The number of nitrogens with one attached hydrogen (secondary N) is 1. The molecule has 3 aromatic rings. The number of carbonyl (C=O) groups excluding carboxylic acids is 1. The van der Waals surface area contributed by atoms with Crippen molar-refractivity contribution >= 4 is 44.5 Å². The highest BCUT2D eigenvalue weighted by Crippen LogP contribution is 2.28. The van der Waals surface area contributed by atoms with E-state index in [2.05, 4.69) is 32.0 Å². The highest BCUT2D eigenvalue weighted by atomic mass is 79.9. The number of aromatic nitrogens is 2. The molecule has 0 bridgehead atoms. The third-order valence-electron chi connectivity index (χ3n) is 4.75. The Balaban J connectivity index is 1.47. The zero-order valence-electron chi connectivity index (χ0n) is 16.1. The lowest BCUT2D eigenvalue weighted by molar-refractivity contribution is -0.137. The van der Waals surface area contributed by atoms with Crippen molar-refractivity contribution in [1.29, 1.82) is 5.26 Å². The number of para-hydroxylation sites is 2. The topological polar surface area (TPSA) is 91.2 Å². The maximum Gasteiger partial charge on any atom is 0.260 e. The number of nitriles is 1. The van der Waals surface area contributed by atoms with E-state index in [1.165, 1.54) is 0 Å². The molecular weight excluding hydrogens is 448 g/mol. The summed E-state index contributed by atoms with van der Waals surface area (Å²) in [7, 11) is 0. The maximum atomic E-state index is 12.2. The molecule has 2 heterocycles. The second kappa shape index (κ2) is 9.11. The first kappa shape index (κ1) is 20.1. The number of amides is 1. The van der Waals surface area contributed by atoms with E-state index in [-0.39, 0.29) is 12.5 Å². The number of benzene rings is 2. The molecule has 0 atom stereocenters. The third kappa shape index (κ3) is 4.53. The van der Waals surface area contributed by atoms with Gasteiger partial charge in [0.2, 0.25) is 0 Å². The third-order valence-corrected chi connectivity index (χ3v) is 5.37. The van der Waals surface area contributed by atoms with E-state index >= 15 is 0 Å². The molecule has 1 N–H and O–H groups in total. The summed E-state index contributed by atoms with van der Waals surface area (Å²) in [4.78, 5) is 21.6. The van der Waals surface area contributed by atoms with E-state index in [1.807, 2.05) is 36.4 Å². The molecule has 1 aromatic heterocycles. The molecule has 1 amide bonds. The molecule has 0 unspecified atom stereocenters. The van der Waals surface area contributed by atoms with Crippen LogP contribution in [0.25, 0.3) is 22.7 Å². The number of aromatic amines is 1. The van der Waals surface area contributed by atoms with Gasteiger partial charge in [-0.2, -0.15) is 5.26 Å². The van der Waals surface area contributed by atoms with Crippen molar-refractivity contribution in [3.05, 3.63) is 58.3 Å². The highest BCUT2D eigenvalue weighted by Gasteiger charge is 2.17. The molecule has 0 radical (unpaired) electrons. The molecule has 7 nitrogen and oxygen atoms in total. The van der Waals surface area contributed by atoms with Crippen LogP contribution >= 0.6 is 15.9 Å². The van der Waals surface area contributed by atoms with Crippen molar-refractivity contribution in [2.24, 2.45) is 0 Å². The Bertz CT molecular complexity index is 1110. The van der Waals surface area contributed by atoms with E-state index in [1.54, 1.807) is 17.0 Å². The van der Waals surface area contributed by atoms with Gasteiger partial charge in [0, 0.05) is 13.1 Å². The Morgan fingerprint density at radius 1 is 1.30 bits per heavy atom. The van der Waals surface area contributed by atoms with Crippen molar-refractivity contribution in [2.45, 2.75) is 0 Å². The number of halogens is 1. The van der Waals surface area contributed by atoms with Gasteiger partial charge in [0.05, 0.1) is 34.3 Å². The van der Waals surface area contributed by atoms with Gasteiger partial charge >= 0.3 is 0 Å². The van der Waals surface area contributed by atoms with Crippen molar-refractivity contribution < 1.29 is 14.3 Å². The number of ether oxygens (including phenoxy) is 2. The Morgan fingerprint density at radius 2 is 2.10 bits per heavy atom. The molecule has 8 heteroatoms. The van der Waals surface area contributed by atoms with Crippen molar-refractivity contribution in [3.63, 3.8) is 0 Å². The van der Waals surface area contributed by atoms with Crippen molar-refractivity contribution in [1.82, 2.24) is 14.9 Å². The summed E-state index contributed by atoms with van der Waals surface area (Å²) in [5.41, 5.74) is 2.92. The number of allylic oxidation sites excluding steroid dienone is 1. The number of imidazole rings is 1. The quantitative estimate of drug-likeness (QED) is 0.579. The van der Waals surface area contributed by atoms with Crippen LogP contribution in [0, 0.1) is 11.3 Å². The van der Waals surface area contributed by atoms with Crippen LogP contribution < -0.4 is 4.74 Å². The summed E-state index contributed by atoms with van der Waals surface area (Å²) in [5.74, 6) is 1.02. The Labute approximate surface area is 182 Å². The number of H-pyrrole nitrogens is 1. The fourth-order valence-corrected chi connectivity index (χ4v) is 3.68. The second-order valence-corrected chi connectivity index (χ2v) is 7.60. The number of hydrogen-bond acceptors (Lipinski definition) is 5. The second-order valence-electron chi connectivity index (χ2n) is 6.74. The lowest BCUT2D eigenvalue weighted by atomic mass is 10.1. The molecule has 1 fully saturated rings. The van der Waals surface area contributed by atoms with Gasteiger partial charge in [-0.3, -0.25) is 4.79 Å². The molecule has 0 spiro atoms. The number of fused-ring (bicyclic) bond motifs is 1. The van der Waals surface area contributed by atoms with Gasteiger partial charge in [-0.25, -0.2) is 4.98 Å². The lowest BCUT2D eigenvalue weighted by Gasteiger charge is -2.26. The molecule has 1 aliphatic rings. The molecule has 0 saturated carbocycles. The van der Waals surface area contributed by atoms with Gasteiger partial charge in [-0.1, -0.05) is 18.2 Å². The number of carbonyl (C=O) groups is 1. The summed E-state index contributed by atoms with van der Waals surface area (Å²) >= 11 is 3.48. The minimum absolute atomic E-state index is 0.0315. The van der Waals surface area contributed by atoms with Crippen molar-refractivity contribution in [2.75, 3.05) is 32.9 Å². The smallest absolute Gasteiger partial charge is 0.260 e. The van der Waals surface area contributed by atoms with E-state index in [0.29, 0.717) is 47.9 Å². The monoisotopic (exact) mass is 466 g/mol. The number of morpholine rings is 1. The summed E-state index contributed by atoms with van der Waals surface area (Å²) in [5, 5.41) is 9.59. The van der Waals surface area contributed by atoms with Gasteiger partial charge in [0.25, 0.3) is 5.91 Å². The van der Waals surface area contributed by atoms with Crippen LogP contribution in [0.3, 0.4) is 0 Å². The Kier molecular flexibility index (Phi) is 6.12. The molecular formula is C22H19BrN4O3. The Hall–Kier alpha value is -3.15. The summed E-state index contributed by atoms with van der Waals surface area (Å²) in [6, 6.07) is 15.3. The van der Waals surface area contributed by atoms with Crippen LogP contribution in [0.2, 0.25) is 0 Å². The van der Waals surface area contributed by atoms with E-state index in [0.717, 1.165) is 16.6 Å². The zero-order chi connectivity index (χ0) is 20.9. The van der Waals surface area contributed by atoms with E-state index in [9.17, 15) is 10.1 Å². The number of nitrogens with zero attached hydrogens (tertiary/aromatic N) is 3. The zero-order valence-corrected chi connectivity index (χ0v) is 17.7. The molecule has 30 heavy (non-hydrogen) atoms. The molecule has 4 rings (SSSR count). The minimum Gasteiger partial charge on any atom is -0.483 e. The van der Waals surface area contributed by atoms with Gasteiger partial charge in [0.1, 0.15) is 17.6 Å². The molecule has 0 aliphatic carbocycles. The van der Waals surface area contributed by atoms with Gasteiger partial charge in [-0.05, 0) is 51.8 Å². The number of hydrogen-bond donors (Lipinski definition) is 1. The average Bonchev–Trinajstić information content (AvgIpc) is 3.21. The summed E-state index contributed by atoms with van der Waals surface area (Å²) in [6.45, 7) is 2.26. The van der Waals surface area contributed by atoms with E-state index in [4.69, 9.17) is 9.47 Å². The SMILES string of the molecule is N#C/C(=C/c1ccc(OCC(=O)N2CCOCC2)c(Br)c1)c1nc2ccccc2[nH]1. The Morgan fingerprint density at radius 3 is 2.83 bits per heavy atom. The van der Waals surface area contributed by atoms with Crippen LogP contribution in [0.1, 0.15) is 11.4 Å². The van der Waals surface area contributed by atoms with Gasteiger partial charge in [0.15, 0.2) is 6.61 Å². The first-order valence-corrected chi connectivity index (χ1v) is 10.3. The number of rotatable bonds is 5. The molecule has 1 aliphatic heterocycles. The van der Waals surface area contributed by atoms with Gasteiger partial charge in [-0.15, -0.1) is 0 Å². The maximum absolute atomic E-state index is 12.2. The van der Waals surface area contributed by atoms with Crippen LogP contribution in [-0.4, -0.2) is 53.7 Å². The summed E-state index contributed by atoms with van der Waals surface area (Å²) in [6.07, 6.45) is 1.76. The fourth-order valence-electron chi connectivity index (χ4n) is 3.17. The first-order valence-electron chi connectivity index (χ1n) is 9.49. The minimum atomic E-state index is -0.0641. The molecule has 1 saturated heterocycles. The van der Waals surface area contributed by atoms with Crippen LogP contribution in [0.4, 0.5) is 0 Å². The first-order chi connectivity index (χ1) is 14.6. The lowest BCUT2D eigenvalue weighted by Crippen LogP contribution is -2.43. The normalized spacial score (nSPS) is 14.5. The summed E-state index contributed by atoms with van der Waals surface area (Å²) < 4.78 is 11.6. The van der Waals surface area contributed by atoms with Crippen LogP contribution in [0.5, 0.6) is 5.75 Å². The largest absolute Gasteiger partial charge is 0.483 e. The predicted molar refractivity (Wildman–Crippen MR) is 117 cm³/mol. The molecule has 152 valence electrons. The highest BCUT2D eigenvalue weighted by molar-refractivity contribution is 9.10. The average molecular weight is 467 g/mol. The van der Waals surface area contributed by atoms with Crippen molar-refractivity contribution in [3.8, 4) is 11.8 Å². The molecule has 2 aromatic carbocycles. The predicted octanol–water partition coefficient (Wildman–Crippen LogP) is 3.63. The standard InChI is InChI=1S/C22H19BrN4O3/c23-17-12-15(5-6-20(17)30-14-21(28)27-7-9-29-10-8-27)11-16(13-24)22-25-18-3-1-2-4-19(18)26-22/h1-6,11-12H,7-10,14H2,(H,25,26)/b16-11-. The van der Waals surface area contributed by atoms with Crippen LogP contribution in [0.15, 0.2) is 46.9 Å². The van der Waals surface area contributed by atoms with Gasteiger partial charge < -0.3 is 19.4 Å².